The fourth-order valence-corrected chi connectivity index (χ4v) is 4.15. The SMILES string of the molecule is CCOC(=O)c1c(N2C[C@H](C)C[C@H](C)C2)oc(C=C2C=Nc3ncccc32)c1O. The molecule has 1 saturated heterocycles. The second-order valence-electron chi connectivity index (χ2n) is 7.80. The highest BCUT2D eigenvalue weighted by Crippen LogP contribution is 2.41. The van der Waals surface area contributed by atoms with Gasteiger partial charge >= 0.3 is 5.97 Å². The van der Waals surface area contributed by atoms with Crippen LogP contribution in [-0.4, -0.2) is 42.0 Å². The van der Waals surface area contributed by atoms with Crippen molar-refractivity contribution in [1.82, 2.24) is 4.98 Å². The van der Waals surface area contributed by atoms with Crippen molar-refractivity contribution in [1.29, 1.82) is 0 Å². The van der Waals surface area contributed by atoms with E-state index in [-0.39, 0.29) is 23.7 Å². The van der Waals surface area contributed by atoms with Crippen LogP contribution >= 0.6 is 0 Å². The maximum atomic E-state index is 12.6. The van der Waals surface area contributed by atoms with Crippen molar-refractivity contribution >= 4 is 35.5 Å². The number of piperidine rings is 1. The third-order valence-corrected chi connectivity index (χ3v) is 5.24. The van der Waals surface area contributed by atoms with E-state index in [4.69, 9.17) is 9.15 Å². The van der Waals surface area contributed by atoms with Crippen LogP contribution in [-0.2, 0) is 4.74 Å². The smallest absolute Gasteiger partial charge is 0.347 e. The first-order valence-corrected chi connectivity index (χ1v) is 9.96. The summed E-state index contributed by atoms with van der Waals surface area (Å²) in [5.41, 5.74) is 1.70. The Kier molecular flexibility index (Phi) is 5.13. The number of aliphatic imine (C=N–C) groups is 1. The van der Waals surface area contributed by atoms with E-state index < -0.39 is 5.97 Å². The van der Waals surface area contributed by atoms with E-state index in [0.717, 1.165) is 30.6 Å². The Morgan fingerprint density at radius 3 is 2.86 bits per heavy atom. The van der Waals surface area contributed by atoms with E-state index >= 15 is 0 Å². The lowest BCUT2D eigenvalue weighted by atomic mass is 9.92. The van der Waals surface area contributed by atoms with Crippen molar-refractivity contribution < 1.29 is 19.1 Å². The molecule has 1 fully saturated rings. The molecule has 0 aliphatic carbocycles. The summed E-state index contributed by atoms with van der Waals surface area (Å²) in [6.07, 6.45) is 6.16. The standard InChI is InChI=1S/C22H25N3O4/c1-4-28-22(27)18-19(26)17(9-15-10-24-20-16(15)6-5-7-23-20)29-21(18)25-11-13(2)8-14(3)12-25/h5-7,9-10,13-14,26H,4,8,11-12H2,1-3H3/t13-,14+. The molecule has 1 N–H and O–H groups in total. The number of aromatic hydroxyl groups is 1. The zero-order valence-corrected chi connectivity index (χ0v) is 16.9. The summed E-state index contributed by atoms with van der Waals surface area (Å²) in [7, 11) is 0. The topological polar surface area (TPSA) is 88.2 Å². The lowest BCUT2D eigenvalue weighted by molar-refractivity contribution is 0.0523. The minimum absolute atomic E-state index is 0.0846. The second-order valence-corrected chi connectivity index (χ2v) is 7.80. The lowest BCUT2D eigenvalue weighted by Gasteiger charge is -2.35. The Bertz CT molecular complexity index is 982. The molecule has 0 bridgehead atoms. The molecular weight excluding hydrogens is 370 g/mol. The number of anilines is 1. The molecule has 0 amide bonds. The number of aromatic nitrogens is 1. The summed E-state index contributed by atoms with van der Waals surface area (Å²) in [5.74, 6) is 1.34. The van der Waals surface area contributed by atoms with Gasteiger partial charge in [-0.25, -0.2) is 14.8 Å². The number of allylic oxidation sites excluding steroid dienone is 1. The zero-order chi connectivity index (χ0) is 20.5. The molecule has 7 heteroatoms. The minimum Gasteiger partial charge on any atom is -0.504 e. The highest BCUT2D eigenvalue weighted by molar-refractivity contribution is 6.21. The van der Waals surface area contributed by atoms with Gasteiger partial charge in [0.25, 0.3) is 0 Å². The number of carbonyl (C=O) groups excluding carboxylic acids is 1. The van der Waals surface area contributed by atoms with Crippen molar-refractivity contribution in [3.63, 3.8) is 0 Å². The highest BCUT2D eigenvalue weighted by Gasteiger charge is 2.33. The number of hydrogen-bond donors (Lipinski definition) is 1. The molecule has 29 heavy (non-hydrogen) atoms. The molecule has 0 aromatic carbocycles. The highest BCUT2D eigenvalue weighted by atomic mass is 16.5. The van der Waals surface area contributed by atoms with Gasteiger partial charge in [0.15, 0.2) is 22.9 Å². The summed E-state index contributed by atoms with van der Waals surface area (Å²) < 4.78 is 11.2. The van der Waals surface area contributed by atoms with Crippen LogP contribution < -0.4 is 4.90 Å². The number of furan rings is 1. The molecule has 4 heterocycles. The van der Waals surface area contributed by atoms with E-state index in [2.05, 4.69) is 23.8 Å². The van der Waals surface area contributed by atoms with Crippen LogP contribution in [0.3, 0.4) is 0 Å². The summed E-state index contributed by atoms with van der Waals surface area (Å²) >= 11 is 0. The predicted molar refractivity (Wildman–Crippen MR) is 112 cm³/mol. The van der Waals surface area contributed by atoms with E-state index in [1.807, 2.05) is 17.0 Å². The molecule has 0 saturated carbocycles. The van der Waals surface area contributed by atoms with Crippen molar-refractivity contribution in [3.8, 4) is 5.75 Å². The summed E-state index contributed by atoms with van der Waals surface area (Å²) in [6, 6.07) is 3.73. The largest absolute Gasteiger partial charge is 0.504 e. The summed E-state index contributed by atoms with van der Waals surface area (Å²) in [4.78, 5) is 23.2. The fourth-order valence-electron chi connectivity index (χ4n) is 4.15. The molecule has 2 aliphatic heterocycles. The van der Waals surface area contributed by atoms with Crippen molar-refractivity contribution in [3.05, 3.63) is 35.2 Å². The van der Waals surface area contributed by atoms with E-state index in [1.54, 1.807) is 25.4 Å². The number of hydrogen-bond acceptors (Lipinski definition) is 7. The van der Waals surface area contributed by atoms with Gasteiger partial charge < -0.3 is 19.2 Å². The molecule has 0 radical (unpaired) electrons. The number of rotatable bonds is 4. The zero-order valence-electron chi connectivity index (χ0n) is 16.9. The number of nitrogens with zero attached hydrogens (tertiary/aromatic N) is 3. The van der Waals surface area contributed by atoms with Gasteiger partial charge in [0, 0.05) is 36.6 Å². The van der Waals surface area contributed by atoms with Crippen molar-refractivity contribution in [2.45, 2.75) is 27.2 Å². The molecule has 4 rings (SSSR count). The van der Waals surface area contributed by atoms with E-state index in [1.165, 1.54) is 0 Å². The number of ether oxygens (including phenoxy) is 1. The van der Waals surface area contributed by atoms with Gasteiger partial charge in [-0.05, 0) is 43.4 Å². The number of carbonyl (C=O) groups is 1. The van der Waals surface area contributed by atoms with Crippen LogP contribution in [0.1, 0.15) is 48.9 Å². The Hall–Kier alpha value is -3.09. The molecule has 152 valence electrons. The fraction of sp³-hybridized carbons (Fsp3) is 0.409. The van der Waals surface area contributed by atoms with E-state index in [9.17, 15) is 9.90 Å². The second kappa shape index (κ2) is 7.73. The van der Waals surface area contributed by atoms with Gasteiger partial charge in [0.1, 0.15) is 0 Å². The first kappa shape index (κ1) is 19.2. The Morgan fingerprint density at radius 2 is 2.14 bits per heavy atom. The van der Waals surface area contributed by atoms with Gasteiger partial charge in [0.2, 0.25) is 5.88 Å². The predicted octanol–water partition coefficient (Wildman–Crippen LogP) is 4.30. The molecule has 0 unspecified atom stereocenters. The van der Waals surface area contributed by atoms with Gasteiger partial charge in [-0.1, -0.05) is 13.8 Å². The van der Waals surface area contributed by atoms with Crippen LogP contribution in [0.15, 0.2) is 27.7 Å². The monoisotopic (exact) mass is 395 g/mol. The van der Waals surface area contributed by atoms with Gasteiger partial charge in [-0.3, -0.25) is 0 Å². The quantitative estimate of drug-likeness (QED) is 0.777. The summed E-state index contributed by atoms with van der Waals surface area (Å²) in [5, 5.41) is 10.9. The molecular formula is C22H25N3O4. The van der Waals surface area contributed by atoms with E-state index in [0.29, 0.717) is 23.5 Å². The van der Waals surface area contributed by atoms with Crippen molar-refractivity contribution in [2.24, 2.45) is 16.8 Å². The van der Waals surface area contributed by atoms with Crippen LogP contribution in [0.2, 0.25) is 0 Å². The minimum atomic E-state index is -0.582. The number of pyridine rings is 1. The molecule has 2 atom stereocenters. The Labute approximate surface area is 169 Å². The average molecular weight is 395 g/mol. The first-order valence-electron chi connectivity index (χ1n) is 9.96. The third kappa shape index (κ3) is 3.64. The number of fused-ring (bicyclic) bond motifs is 1. The molecule has 2 aliphatic rings. The molecule has 0 spiro atoms. The van der Waals surface area contributed by atoms with Crippen LogP contribution in [0.4, 0.5) is 11.7 Å². The van der Waals surface area contributed by atoms with Crippen molar-refractivity contribution in [2.75, 3.05) is 24.6 Å². The van der Waals surface area contributed by atoms with Gasteiger partial charge in [-0.15, -0.1) is 0 Å². The average Bonchev–Trinajstić information content (AvgIpc) is 3.23. The van der Waals surface area contributed by atoms with Crippen LogP contribution in [0, 0.1) is 11.8 Å². The molecule has 7 nitrogen and oxygen atoms in total. The molecule has 2 aromatic rings. The lowest BCUT2D eigenvalue weighted by Crippen LogP contribution is -2.39. The molecule has 2 aromatic heterocycles. The Balaban J connectivity index is 1.77. The maximum Gasteiger partial charge on any atom is 0.347 e. The third-order valence-electron chi connectivity index (χ3n) is 5.24. The normalized spacial score (nSPS) is 22.2. The number of esters is 1. The van der Waals surface area contributed by atoms with Crippen LogP contribution in [0.5, 0.6) is 5.75 Å². The summed E-state index contributed by atoms with van der Waals surface area (Å²) in [6.45, 7) is 7.83. The van der Waals surface area contributed by atoms with Crippen LogP contribution in [0.25, 0.3) is 11.6 Å². The first-order chi connectivity index (χ1) is 14.0. The van der Waals surface area contributed by atoms with Gasteiger partial charge in [-0.2, -0.15) is 0 Å². The maximum absolute atomic E-state index is 12.6. The Morgan fingerprint density at radius 1 is 1.38 bits per heavy atom. The van der Waals surface area contributed by atoms with Gasteiger partial charge in [0.05, 0.1) is 6.61 Å².